The molecule has 1 unspecified atom stereocenters. The molecule has 2 aromatic rings. The summed E-state index contributed by atoms with van der Waals surface area (Å²) in [7, 11) is 8.11. The first-order chi connectivity index (χ1) is 9.49. The number of rotatable bonds is 4. The lowest BCUT2D eigenvalue weighted by atomic mass is 10.0. The molecule has 0 spiro atoms. The average molecular weight is 270 g/mol. The fourth-order valence-electron chi connectivity index (χ4n) is 1.94. The van der Waals surface area contributed by atoms with Gasteiger partial charge >= 0.3 is 0 Å². The Morgan fingerprint density at radius 3 is 2.15 bits per heavy atom. The molecular weight excluding hydrogens is 248 g/mol. The monoisotopic (exact) mass is 270 g/mol. The van der Waals surface area contributed by atoms with E-state index in [2.05, 4.69) is 60.2 Å². The van der Waals surface area contributed by atoms with Gasteiger partial charge in [-0.2, -0.15) is 0 Å². The highest BCUT2D eigenvalue weighted by Crippen LogP contribution is 2.23. The van der Waals surface area contributed by atoms with Gasteiger partial charge < -0.3 is 9.80 Å². The first-order valence-corrected chi connectivity index (χ1v) is 6.75. The average Bonchev–Trinajstić information content (AvgIpc) is 2.46. The molecule has 106 valence electrons. The molecule has 20 heavy (non-hydrogen) atoms. The Balaban J connectivity index is 2.28. The third kappa shape index (κ3) is 3.14. The van der Waals surface area contributed by atoms with Crippen molar-refractivity contribution in [2.75, 3.05) is 33.1 Å². The van der Waals surface area contributed by atoms with E-state index in [1.807, 2.05) is 19.0 Å². The second-order valence-electron chi connectivity index (χ2n) is 5.42. The quantitative estimate of drug-likeness (QED) is 0.855. The molecule has 0 fully saturated rings. The van der Waals surface area contributed by atoms with Gasteiger partial charge in [0.2, 0.25) is 0 Å². The Morgan fingerprint density at radius 1 is 0.950 bits per heavy atom. The number of nitrogens with zero attached hydrogens (tertiary/aromatic N) is 4. The molecule has 0 amide bonds. The van der Waals surface area contributed by atoms with Crippen molar-refractivity contribution in [3.05, 3.63) is 42.2 Å². The van der Waals surface area contributed by atoms with Crippen LogP contribution in [-0.2, 0) is 0 Å². The molecule has 1 aromatic heterocycles. The lowest BCUT2D eigenvalue weighted by molar-refractivity contribution is 0.321. The largest absolute Gasteiger partial charge is 0.361 e. The second-order valence-corrected chi connectivity index (χ2v) is 5.42. The van der Waals surface area contributed by atoms with E-state index in [-0.39, 0.29) is 0 Å². The van der Waals surface area contributed by atoms with E-state index >= 15 is 0 Å². The van der Waals surface area contributed by atoms with E-state index in [0.717, 1.165) is 17.1 Å². The molecule has 0 bridgehead atoms. The van der Waals surface area contributed by atoms with Crippen molar-refractivity contribution in [3.8, 4) is 11.3 Å². The van der Waals surface area contributed by atoms with E-state index in [9.17, 15) is 0 Å². The number of hydrogen-bond acceptors (Lipinski definition) is 4. The van der Waals surface area contributed by atoms with Crippen LogP contribution in [0, 0.1) is 0 Å². The number of benzene rings is 1. The molecule has 1 heterocycles. The summed E-state index contributed by atoms with van der Waals surface area (Å²) in [4.78, 5) is 13.0. The highest BCUT2D eigenvalue weighted by Gasteiger charge is 2.08. The van der Waals surface area contributed by atoms with Crippen LogP contribution in [0.2, 0.25) is 0 Å². The summed E-state index contributed by atoms with van der Waals surface area (Å²) < 4.78 is 0. The summed E-state index contributed by atoms with van der Waals surface area (Å²) >= 11 is 0. The van der Waals surface area contributed by atoms with Gasteiger partial charge in [0.25, 0.3) is 0 Å². The normalized spacial score (nSPS) is 12.5. The van der Waals surface area contributed by atoms with Crippen molar-refractivity contribution in [2.45, 2.75) is 13.0 Å². The van der Waals surface area contributed by atoms with Crippen molar-refractivity contribution < 1.29 is 0 Å². The Labute approximate surface area is 121 Å². The van der Waals surface area contributed by atoms with Crippen molar-refractivity contribution in [3.63, 3.8) is 0 Å². The van der Waals surface area contributed by atoms with Crippen LogP contribution in [-0.4, -0.2) is 43.1 Å². The lowest BCUT2D eigenvalue weighted by Gasteiger charge is -2.20. The third-order valence-electron chi connectivity index (χ3n) is 3.54. The van der Waals surface area contributed by atoms with Crippen molar-refractivity contribution in [1.82, 2.24) is 14.9 Å². The van der Waals surface area contributed by atoms with Gasteiger partial charge in [-0.25, -0.2) is 4.98 Å². The van der Waals surface area contributed by atoms with E-state index in [1.165, 1.54) is 5.56 Å². The smallest absolute Gasteiger partial charge is 0.147 e. The van der Waals surface area contributed by atoms with Gasteiger partial charge in [0.15, 0.2) is 0 Å². The fraction of sp³-hybridized carbons (Fsp3) is 0.375. The molecule has 0 aliphatic rings. The highest BCUT2D eigenvalue weighted by atomic mass is 15.1. The van der Waals surface area contributed by atoms with Crippen LogP contribution < -0.4 is 4.90 Å². The maximum Gasteiger partial charge on any atom is 0.147 e. The zero-order valence-corrected chi connectivity index (χ0v) is 12.8. The summed E-state index contributed by atoms with van der Waals surface area (Å²) in [6.07, 6.45) is 3.57. The van der Waals surface area contributed by atoms with Crippen molar-refractivity contribution in [1.29, 1.82) is 0 Å². The molecule has 0 saturated heterocycles. The molecule has 0 aliphatic carbocycles. The van der Waals surface area contributed by atoms with Gasteiger partial charge in [-0.3, -0.25) is 4.98 Å². The molecule has 4 nitrogen and oxygen atoms in total. The molecule has 0 saturated carbocycles. The standard InChI is InChI=1S/C16H22N4/c1-12(19(2)3)13-6-8-14(9-7-13)15-10-17-11-16(18-15)20(4)5/h6-12H,1-5H3. The second kappa shape index (κ2) is 6.01. The summed E-state index contributed by atoms with van der Waals surface area (Å²) in [5.74, 6) is 0.869. The Kier molecular flexibility index (Phi) is 4.35. The highest BCUT2D eigenvalue weighted by molar-refractivity contribution is 5.60. The maximum absolute atomic E-state index is 4.61. The zero-order valence-electron chi connectivity index (χ0n) is 12.8. The Bertz CT molecular complexity index is 561. The predicted octanol–water partition coefficient (Wildman–Crippen LogP) is 2.83. The first kappa shape index (κ1) is 14.5. The molecule has 1 aromatic carbocycles. The topological polar surface area (TPSA) is 32.3 Å². The van der Waals surface area contributed by atoms with Gasteiger partial charge in [-0.05, 0) is 26.6 Å². The summed E-state index contributed by atoms with van der Waals surface area (Å²) in [6.45, 7) is 2.20. The fourth-order valence-corrected chi connectivity index (χ4v) is 1.94. The molecule has 0 aliphatic heterocycles. The van der Waals surface area contributed by atoms with Gasteiger partial charge in [0, 0.05) is 25.7 Å². The predicted molar refractivity (Wildman–Crippen MR) is 83.9 cm³/mol. The zero-order chi connectivity index (χ0) is 14.7. The van der Waals surface area contributed by atoms with E-state index < -0.39 is 0 Å². The van der Waals surface area contributed by atoms with Crippen LogP contribution in [0.1, 0.15) is 18.5 Å². The number of hydrogen-bond donors (Lipinski definition) is 0. The van der Waals surface area contributed by atoms with Crippen LogP contribution >= 0.6 is 0 Å². The minimum absolute atomic E-state index is 0.406. The van der Waals surface area contributed by atoms with Crippen LogP contribution in [0.3, 0.4) is 0 Å². The molecule has 1 atom stereocenters. The summed E-state index contributed by atoms with van der Waals surface area (Å²) in [5, 5.41) is 0. The first-order valence-electron chi connectivity index (χ1n) is 6.75. The molecule has 0 N–H and O–H groups in total. The van der Waals surface area contributed by atoms with Crippen molar-refractivity contribution in [2.24, 2.45) is 0 Å². The summed E-state index contributed by atoms with van der Waals surface area (Å²) in [5.41, 5.74) is 3.30. The van der Waals surface area contributed by atoms with Crippen LogP contribution in [0.4, 0.5) is 5.82 Å². The van der Waals surface area contributed by atoms with Crippen molar-refractivity contribution >= 4 is 5.82 Å². The van der Waals surface area contributed by atoms with Gasteiger partial charge in [0.05, 0.1) is 18.1 Å². The third-order valence-corrected chi connectivity index (χ3v) is 3.54. The van der Waals surface area contributed by atoms with Crippen LogP contribution in [0.5, 0.6) is 0 Å². The molecule has 4 heteroatoms. The van der Waals surface area contributed by atoms with Crippen LogP contribution in [0.25, 0.3) is 11.3 Å². The molecular formula is C16H22N4. The SMILES string of the molecule is CC(c1ccc(-c2cncc(N(C)C)n2)cc1)N(C)C. The molecule has 0 radical (unpaired) electrons. The van der Waals surface area contributed by atoms with Gasteiger partial charge in [-0.1, -0.05) is 24.3 Å². The lowest BCUT2D eigenvalue weighted by Crippen LogP contribution is -2.16. The summed E-state index contributed by atoms with van der Waals surface area (Å²) in [6, 6.07) is 8.94. The maximum atomic E-state index is 4.61. The number of aromatic nitrogens is 2. The van der Waals surface area contributed by atoms with E-state index in [4.69, 9.17) is 0 Å². The Morgan fingerprint density at radius 2 is 1.60 bits per heavy atom. The van der Waals surface area contributed by atoms with E-state index in [1.54, 1.807) is 12.4 Å². The van der Waals surface area contributed by atoms with Crippen LogP contribution in [0.15, 0.2) is 36.7 Å². The van der Waals surface area contributed by atoms with E-state index in [0.29, 0.717) is 6.04 Å². The van der Waals surface area contributed by atoms with Gasteiger partial charge in [-0.15, -0.1) is 0 Å². The van der Waals surface area contributed by atoms with Gasteiger partial charge in [0.1, 0.15) is 5.82 Å². The number of anilines is 1. The minimum atomic E-state index is 0.406. The minimum Gasteiger partial charge on any atom is -0.361 e. The Hall–Kier alpha value is -1.94. The molecule has 2 rings (SSSR count).